The van der Waals surface area contributed by atoms with Gasteiger partial charge in [0, 0.05) is 21.5 Å². The number of urea groups is 1. The summed E-state index contributed by atoms with van der Waals surface area (Å²) in [5.41, 5.74) is 1.12. The summed E-state index contributed by atoms with van der Waals surface area (Å²) in [5.74, 6) is -1.58. The Bertz CT molecular complexity index is 1160. The van der Waals surface area contributed by atoms with Gasteiger partial charge in [-0.3, -0.25) is 4.79 Å². The van der Waals surface area contributed by atoms with Gasteiger partial charge in [0.15, 0.2) is 0 Å². The minimum atomic E-state index is -1.20. The Morgan fingerprint density at radius 1 is 1.17 bits per heavy atom. The first kappa shape index (κ1) is 19.3. The molecule has 0 aliphatic carbocycles. The Kier molecular flexibility index (Phi) is 4.72. The van der Waals surface area contributed by atoms with E-state index in [4.69, 9.17) is 23.2 Å². The standard InChI is InChI=1S/C20H15Cl2N3O4/c1-10-18(26)25(12-5-3-2-4-6-12)20(29)24(10)9-13-16-14(22)7-11(21)8-15(16)23-17(13)19(27)28/h2-8,10,23H,9H2,1H3,(H,27,28). The Labute approximate surface area is 175 Å². The molecule has 1 saturated heterocycles. The third-order valence-electron chi connectivity index (χ3n) is 4.96. The molecule has 4 rings (SSSR count). The quantitative estimate of drug-likeness (QED) is 0.593. The first-order valence-electron chi connectivity index (χ1n) is 8.72. The molecule has 3 amide bonds. The number of carbonyl (C=O) groups is 3. The lowest BCUT2D eigenvalue weighted by Gasteiger charge is -2.19. The number of nitrogens with one attached hydrogen (secondary N) is 1. The Hall–Kier alpha value is -3.03. The maximum atomic E-state index is 13.0. The number of aromatic nitrogens is 1. The molecule has 1 fully saturated rings. The Morgan fingerprint density at radius 3 is 2.52 bits per heavy atom. The summed E-state index contributed by atoms with van der Waals surface area (Å²) in [4.78, 5) is 42.8. The van der Waals surface area contributed by atoms with Gasteiger partial charge in [-0.05, 0) is 31.2 Å². The fourth-order valence-corrected chi connectivity index (χ4v) is 4.16. The van der Waals surface area contributed by atoms with Crippen LogP contribution in [0.15, 0.2) is 42.5 Å². The second-order valence-electron chi connectivity index (χ2n) is 6.69. The maximum absolute atomic E-state index is 13.0. The number of rotatable bonds is 4. The summed E-state index contributed by atoms with van der Waals surface area (Å²) >= 11 is 12.3. The molecule has 1 unspecified atom stereocenters. The zero-order valence-electron chi connectivity index (χ0n) is 15.1. The number of H-pyrrole nitrogens is 1. The SMILES string of the molecule is CC1C(=O)N(c2ccccc2)C(=O)N1Cc1c(C(=O)O)[nH]c2cc(Cl)cc(Cl)c12. The molecule has 29 heavy (non-hydrogen) atoms. The predicted molar refractivity (Wildman–Crippen MR) is 110 cm³/mol. The number of imide groups is 1. The van der Waals surface area contributed by atoms with Crippen molar-refractivity contribution in [3.8, 4) is 0 Å². The van der Waals surface area contributed by atoms with E-state index < -0.39 is 18.0 Å². The lowest BCUT2D eigenvalue weighted by atomic mass is 10.1. The van der Waals surface area contributed by atoms with Crippen LogP contribution in [-0.4, -0.2) is 38.9 Å². The van der Waals surface area contributed by atoms with E-state index >= 15 is 0 Å². The van der Waals surface area contributed by atoms with Crippen molar-refractivity contribution in [1.82, 2.24) is 9.88 Å². The molecule has 9 heteroatoms. The van der Waals surface area contributed by atoms with Crippen molar-refractivity contribution in [2.75, 3.05) is 4.90 Å². The van der Waals surface area contributed by atoms with Crippen LogP contribution >= 0.6 is 23.2 Å². The monoisotopic (exact) mass is 431 g/mol. The molecular weight excluding hydrogens is 417 g/mol. The number of carboxylic acids is 1. The number of aromatic carboxylic acids is 1. The molecule has 2 heterocycles. The van der Waals surface area contributed by atoms with E-state index in [1.165, 1.54) is 11.0 Å². The average molecular weight is 432 g/mol. The van der Waals surface area contributed by atoms with Gasteiger partial charge in [-0.2, -0.15) is 0 Å². The predicted octanol–water partition coefficient (Wildman–Crippen LogP) is 4.53. The van der Waals surface area contributed by atoms with Gasteiger partial charge in [-0.15, -0.1) is 0 Å². The third-order valence-corrected chi connectivity index (χ3v) is 5.47. The molecule has 1 atom stereocenters. The first-order valence-corrected chi connectivity index (χ1v) is 9.47. The Morgan fingerprint density at radius 2 is 1.86 bits per heavy atom. The summed E-state index contributed by atoms with van der Waals surface area (Å²) < 4.78 is 0. The summed E-state index contributed by atoms with van der Waals surface area (Å²) in [6.07, 6.45) is 0. The molecule has 3 aromatic rings. The summed E-state index contributed by atoms with van der Waals surface area (Å²) in [7, 11) is 0. The van der Waals surface area contributed by atoms with Gasteiger partial charge >= 0.3 is 12.0 Å². The van der Waals surface area contributed by atoms with Crippen LogP contribution in [0.5, 0.6) is 0 Å². The zero-order valence-corrected chi connectivity index (χ0v) is 16.7. The van der Waals surface area contributed by atoms with Gasteiger partial charge < -0.3 is 15.0 Å². The highest BCUT2D eigenvalue weighted by Gasteiger charge is 2.44. The van der Waals surface area contributed by atoms with Crippen molar-refractivity contribution in [1.29, 1.82) is 0 Å². The lowest BCUT2D eigenvalue weighted by molar-refractivity contribution is -0.119. The number of hydrogen-bond donors (Lipinski definition) is 2. The highest BCUT2D eigenvalue weighted by Crippen LogP contribution is 2.35. The molecule has 0 radical (unpaired) electrons. The molecule has 0 spiro atoms. The largest absolute Gasteiger partial charge is 0.477 e. The topological polar surface area (TPSA) is 93.7 Å². The summed E-state index contributed by atoms with van der Waals surface area (Å²) in [5, 5.41) is 10.7. The highest BCUT2D eigenvalue weighted by molar-refractivity contribution is 6.39. The van der Waals surface area contributed by atoms with Crippen molar-refractivity contribution in [2.24, 2.45) is 0 Å². The first-order chi connectivity index (χ1) is 13.8. The van der Waals surface area contributed by atoms with E-state index in [2.05, 4.69) is 4.98 Å². The van der Waals surface area contributed by atoms with Crippen LogP contribution < -0.4 is 4.90 Å². The molecule has 0 bridgehead atoms. The number of amides is 3. The smallest absolute Gasteiger partial charge is 0.352 e. The number of aromatic amines is 1. The van der Waals surface area contributed by atoms with Crippen LogP contribution in [0.2, 0.25) is 10.0 Å². The molecule has 1 aromatic heterocycles. The highest BCUT2D eigenvalue weighted by atomic mass is 35.5. The van der Waals surface area contributed by atoms with E-state index in [-0.39, 0.29) is 23.2 Å². The van der Waals surface area contributed by atoms with Crippen molar-refractivity contribution < 1.29 is 19.5 Å². The second kappa shape index (κ2) is 7.09. The third kappa shape index (κ3) is 3.12. The number of hydrogen-bond acceptors (Lipinski definition) is 3. The molecular formula is C20H15Cl2N3O4. The Balaban J connectivity index is 1.79. The van der Waals surface area contributed by atoms with Crippen molar-refractivity contribution in [3.63, 3.8) is 0 Å². The average Bonchev–Trinajstić information content (AvgIpc) is 3.13. The molecule has 2 aromatic carbocycles. The summed E-state index contributed by atoms with van der Waals surface area (Å²) in [6, 6.07) is 10.4. The van der Waals surface area contributed by atoms with Crippen molar-refractivity contribution in [2.45, 2.75) is 19.5 Å². The van der Waals surface area contributed by atoms with Gasteiger partial charge in [-0.25, -0.2) is 14.5 Å². The zero-order chi connectivity index (χ0) is 20.9. The van der Waals surface area contributed by atoms with Crippen molar-refractivity contribution >= 4 is 57.7 Å². The van der Waals surface area contributed by atoms with Gasteiger partial charge in [0.2, 0.25) is 0 Å². The number of benzene rings is 2. The number of carbonyl (C=O) groups excluding carboxylic acids is 2. The van der Waals surface area contributed by atoms with Crippen molar-refractivity contribution in [3.05, 3.63) is 63.8 Å². The van der Waals surface area contributed by atoms with Gasteiger partial charge in [0.1, 0.15) is 11.7 Å². The number of para-hydroxylation sites is 1. The molecule has 1 aliphatic heterocycles. The number of carboxylic acid groups (broad SMARTS) is 1. The fraction of sp³-hybridized carbons (Fsp3) is 0.150. The number of nitrogens with zero attached hydrogens (tertiary/aromatic N) is 2. The lowest BCUT2D eigenvalue weighted by Crippen LogP contribution is -2.33. The molecule has 148 valence electrons. The van der Waals surface area contributed by atoms with Crippen LogP contribution in [0.25, 0.3) is 10.9 Å². The molecule has 0 saturated carbocycles. The van der Waals surface area contributed by atoms with E-state index in [9.17, 15) is 19.5 Å². The van der Waals surface area contributed by atoms with Gasteiger partial charge in [0.25, 0.3) is 5.91 Å². The van der Waals surface area contributed by atoms with Crippen LogP contribution in [0.4, 0.5) is 10.5 Å². The van der Waals surface area contributed by atoms with E-state index in [1.54, 1.807) is 43.3 Å². The number of fused-ring (bicyclic) bond motifs is 1. The minimum Gasteiger partial charge on any atom is -0.477 e. The van der Waals surface area contributed by atoms with Crippen LogP contribution in [0.1, 0.15) is 23.0 Å². The normalized spacial score (nSPS) is 16.9. The second-order valence-corrected chi connectivity index (χ2v) is 7.53. The fourth-order valence-electron chi connectivity index (χ4n) is 3.55. The molecule has 1 aliphatic rings. The van der Waals surface area contributed by atoms with Gasteiger partial charge in [-0.1, -0.05) is 41.4 Å². The van der Waals surface area contributed by atoms with Crippen LogP contribution in [0, 0.1) is 0 Å². The van der Waals surface area contributed by atoms with Gasteiger partial charge in [0.05, 0.1) is 17.3 Å². The minimum absolute atomic E-state index is 0.0991. The van der Waals surface area contributed by atoms with E-state index in [0.717, 1.165) is 4.90 Å². The number of anilines is 1. The number of halogens is 2. The molecule has 2 N–H and O–H groups in total. The molecule has 7 nitrogen and oxygen atoms in total. The van der Waals surface area contributed by atoms with Crippen LogP contribution in [-0.2, 0) is 11.3 Å². The maximum Gasteiger partial charge on any atom is 0.352 e. The summed E-state index contributed by atoms with van der Waals surface area (Å²) in [6.45, 7) is 1.51. The van der Waals surface area contributed by atoms with E-state index in [0.29, 0.717) is 27.2 Å². The van der Waals surface area contributed by atoms with E-state index in [1.807, 2.05) is 0 Å². The van der Waals surface area contributed by atoms with Crippen LogP contribution in [0.3, 0.4) is 0 Å².